The molecule has 1 N–H and O–H groups in total. The number of carbonyl (C=O) groups excluding carboxylic acids is 1. The lowest BCUT2D eigenvalue weighted by molar-refractivity contribution is -0.120. The SMILES string of the molecule is COc1ccc(CC(=O)NCCN(Cc2ccc(F)cc2)S(C)(=O)=O)cc1. The van der Waals surface area contributed by atoms with E-state index in [9.17, 15) is 17.6 Å². The van der Waals surface area contributed by atoms with E-state index in [-0.39, 0.29) is 37.8 Å². The summed E-state index contributed by atoms with van der Waals surface area (Å²) in [7, 11) is -1.89. The van der Waals surface area contributed by atoms with E-state index in [1.54, 1.807) is 31.4 Å². The molecule has 0 saturated heterocycles. The highest BCUT2D eigenvalue weighted by molar-refractivity contribution is 7.88. The molecule has 27 heavy (non-hydrogen) atoms. The van der Waals surface area contributed by atoms with Gasteiger partial charge < -0.3 is 10.1 Å². The summed E-state index contributed by atoms with van der Waals surface area (Å²) < 4.78 is 43.2. The van der Waals surface area contributed by atoms with Gasteiger partial charge in [-0.2, -0.15) is 4.31 Å². The number of sulfonamides is 1. The van der Waals surface area contributed by atoms with Crippen LogP contribution < -0.4 is 10.1 Å². The van der Waals surface area contributed by atoms with Gasteiger partial charge in [0.15, 0.2) is 0 Å². The fourth-order valence-electron chi connectivity index (χ4n) is 2.47. The summed E-state index contributed by atoms with van der Waals surface area (Å²) in [5, 5.41) is 2.72. The molecular weight excluding hydrogens is 371 g/mol. The normalized spacial score (nSPS) is 11.4. The van der Waals surface area contributed by atoms with Crippen LogP contribution in [0.1, 0.15) is 11.1 Å². The molecule has 0 saturated carbocycles. The first-order valence-electron chi connectivity index (χ1n) is 8.37. The fourth-order valence-corrected chi connectivity index (χ4v) is 3.27. The highest BCUT2D eigenvalue weighted by Crippen LogP contribution is 2.12. The van der Waals surface area contributed by atoms with Crippen molar-refractivity contribution >= 4 is 15.9 Å². The van der Waals surface area contributed by atoms with E-state index in [0.717, 1.165) is 11.8 Å². The zero-order valence-electron chi connectivity index (χ0n) is 15.3. The lowest BCUT2D eigenvalue weighted by atomic mass is 10.1. The summed E-state index contributed by atoms with van der Waals surface area (Å²) in [5.41, 5.74) is 1.51. The molecule has 2 aromatic rings. The molecule has 2 rings (SSSR count). The van der Waals surface area contributed by atoms with Crippen LogP contribution in [0, 0.1) is 5.82 Å². The molecule has 6 nitrogen and oxygen atoms in total. The molecule has 1 amide bonds. The van der Waals surface area contributed by atoms with Gasteiger partial charge in [0.25, 0.3) is 0 Å². The second-order valence-corrected chi connectivity index (χ2v) is 8.08. The lowest BCUT2D eigenvalue weighted by Gasteiger charge is -2.20. The number of hydrogen-bond acceptors (Lipinski definition) is 4. The second kappa shape index (κ2) is 9.48. The molecule has 2 aromatic carbocycles. The van der Waals surface area contributed by atoms with Crippen LogP contribution in [0.4, 0.5) is 4.39 Å². The van der Waals surface area contributed by atoms with Gasteiger partial charge in [-0.15, -0.1) is 0 Å². The van der Waals surface area contributed by atoms with E-state index in [2.05, 4.69) is 5.32 Å². The van der Waals surface area contributed by atoms with Crippen LogP contribution in [0.15, 0.2) is 48.5 Å². The smallest absolute Gasteiger partial charge is 0.224 e. The predicted octanol–water partition coefficient (Wildman–Crippen LogP) is 1.95. The van der Waals surface area contributed by atoms with Gasteiger partial charge in [0.1, 0.15) is 11.6 Å². The Kier molecular flexibility index (Phi) is 7.32. The molecule has 0 heterocycles. The minimum atomic E-state index is -3.46. The average molecular weight is 394 g/mol. The second-order valence-electron chi connectivity index (χ2n) is 6.10. The number of nitrogens with zero attached hydrogens (tertiary/aromatic N) is 1. The number of amides is 1. The van der Waals surface area contributed by atoms with Crippen LogP contribution in [-0.4, -0.2) is 45.1 Å². The molecule has 0 unspecified atom stereocenters. The number of halogens is 1. The van der Waals surface area contributed by atoms with Gasteiger partial charge in [0, 0.05) is 19.6 Å². The average Bonchev–Trinajstić information content (AvgIpc) is 2.62. The molecular formula is C19H23FN2O4S. The quantitative estimate of drug-likeness (QED) is 0.705. The third-order valence-corrected chi connectivity index (χ3v) is 5.20. The maximum Gasteiger partial charge on any atom is 0.224 e. The van der Waals surface area contributed by atoms with Gasteiger partial charge in [-0.1, -0.05) is 24.3 Å². The summed E-state index contributed by atoms with van der Waals surface area (Å²) in [6.07, 6.45) is 1.30. The van der Waals surface area contributed by atoms with Crippen LogP contribution in [0.5, 0.6) is 5.75 Å². The summed E-state index contributed by atoms with van der Waals surface area (Å²) in [5.74, 6) is 0.134. The van der Waals surface area contributed by atoms with E-state index < -0.39 is 10.0 Å². The van der Waals surface area contributed by atoms with Crippen molar-refractivity contribution in [3.8, 4) is 5.75 Å². The third kappa shape index (κ3) is 6.99. The Labute approximate surface area is 159 Å². The van der Waals surface area contributed by atoms with Crippen molar-refractivity contribution in [1.29, 1.82) is 0 Å². The predicted molar refractivity (Wildman–Crippen MR) is 101 cm³/mol. The van der Waals surface area contributed by atoms with Crippen LogP contribution in [0.25, 0.3) is 0 Å². The van der Waals surface area contributed by atoms with Crippen molar-refractivity contribution in [3.63, 3.8) is 0 Å². The lowest BCUT2D eigenvalue weighted by Crippen LogP contribution is -2.38. The van der Waals surface area contributed by atoms with Crippen LogP contribution in [0.2, 0.25) is 0 Å². The van der Waals surface area contributed by atoms with Crippen LogP contribution in [-0.2, 0) is 27.8 Å². The Morgan fingerprint density at radius 2 is 1.67 bits per heavy atom. The Balaban J connectivity index is 1.86. The molecule has 8 heteroatoms. The summed E-state index contributed by atoms with van der Waals surface area (Å²) in [6, 6.07) is 12.8. The van der Waals surface area contributed by atoms with Gasteiger partial charge in [0.2, 0.25) is 15.9 Å². The molecule has 0 fully saturated rings. The van der Waals surface area contributed by atoms with Crippen molar-refractivity contribution in [2.45, 2.75) is 13.0 Å². The Bertz CT molecular complexity index is 852. The van der Waals surface area contributed by atoms with Crippen molar-refractivity contribution < 1.29 is 22.3 Å². The summed E-state index contributed by atoms with van der Waals surface area (Å²) in [4.78, 5) is 12.0. The van der Waals surface area contributed by atoms with E-state index in [4.69, 9.17) is 4.74 Å². The number of benzene rings is 2. The third-order valence-electron chi connectivity index (χ3n) is 3.95. The minimum Gasteiger partial charge on any atom is -0.497 e. The van der Waals surface area contributed by atoms with E-state index in [1.165, 1.54) is 28.6 Å². The van der Waals surface area contributed by atoms with Gasteiger partial charge in [-0.25, -0.2) is 12.8 Å². The topological polar surface area (TPSA) is 75.7 Å². The molecule has 0 radical (unpaired) electrons. The summed E-state index contributed by atoms with van der Waals surface area (Å²) in [6.45, 7) is 0.432. The first kappa shape index (κ1) is 20.9. The van der Waals surface area contributed by atoms with Gasteiger partial charge in [-0.3, -0.25) is 4.79 Å². The highest BCUT2D eigenvalue weighted by Gasteiger charge is 2.17. The van der Waals surface area contributed by atoms with Crippen LogP contribution in [0.3, 0.4) is 0 Å². The molecule has 0 aliphatic carbocycles. The van der Waals surface area contributed by atoms with Crippen LogP contribution >= 0.6 is 0 Å². The van der Waals surface area contributed by atoms with Gasteiger partial charge in [-0.05, 0) is 35.4 Å². The zero-order valence-corrected chi connectivity index (χ0v) is 16.1. The number of hydrogen-bond donors (Lipinski definition) is 1. The molecule has 0 atom stereocenters. The monoisotopic (exact) mass is 394 g/mol. The van der Waals surface area contributed by atoms with E-state index in [1.807, 2.05) is 0 Å². The maximum absolute atomic E-state index is 13.0. The fraction of sp³-hybridized carbons (Fsp3) is 0.316. The molecule has 0 spiro atoms. The Morgan fingerprint density at radius 3 is 2.22 bits per heavy atom. The van der Waals surface area contributed by atoms with Crippen molar-refractivity contribution in [1.82, 2.24) is 9.62 Å². The molecule has 0 aromatic heterocycles. The maximum atomic E-state index is 13.0. The number of ether oxygens (including phenoxy) is 1. The summed E-state index contributed by atoms with van der Waals surface area (Å²) >= 11 is 0. The number of nitrogens with one attached hydrogen (secondary N) is 1. The first-order valence-corrected chi connectivity index (χ1v) is 10.2. The van der Waals surface area contributed by atoms with E-state index >= 15 is 0 Å². The largest absolute Gasteiger partial charge is 0.497 e. The number of carbonyl (C=O) groups is 1. The van der Waals surface area contributed by atoms with Gasteiger partial charge in [0.05, 0.1) is 19.8 Å². The van der Waals surface area contributed by atoms with Crippen molar-refractivity contribution in [2.24, 2.45) is 0 Å². The molecule has 0 aliphatic rings. The first-order chi connectivity index (χ1) is 12.8. The number of rotatable bonds is 9. The number of methoxy groups -OCH3 is 1. The Morgan fingerprint density at radius 1 is 1.07 bits per heavy atom. The highest BCUT2D eigenvalue weighted by atomic mass is 32.2. The minimum absolute atomic E-state index is 0.119. The Hall–Kier alpha value is -2.45. The van der Waals surface area contributed by atoms with Crippen molar-refractivity contribution in [3.05, 3.63) is 65.5 Å². The van der Waals surface area contributed by atoms with E-state index in [0.29, 0.717) is 11.3 Å². The molecule has 0 aliphatic heterocycles. The molecule has 146 valence electrons. The molecule has 0 bridgehead atoms. The zero-order chi connectivity index (χ0) is 19.9. The standard InChI is InChI=1S/C19H23FN2O4S/c1-26-18-9-5-15(6-10-18)13-19(23)21-11-12-22(27(2,24)25)14-16-3-7-17(20)8-4-16/h3-10H,11-14H2,1-2H3,(H,21,23). The van der Waals surface area contributed by atoms with Crippen molar-refractivity contribution in [2.75, 3.05) is 26.5 Å². The van der Waals surface area contributed by atoms with Gasteiger partial charge >= 0.3 is 0 Å².